The summed E-state index contributed by atoms with van der Waals surface area (Å²) in [6.07, 6.45) is 2.60. The number of pyridine rings is 1. The molecule has 3 N–H and O–H groups in total. The van der Waals surface area contributed by atoms with E-state index in [9.17, 15) is 9.59 Å². The lowest BCUT2D eigenvalue weighted by Gasteiger charge is -2.28. The molecule has 22 heavy (non-hydrogen) atoms. The maximum Gasteiger partial charge on any atom is 0.316 e. The molecule has 0 bridgehead atoms. The second-order valence-electron chi connectivity index (χ2n) is 5.09. The van der Waals surface area contributed by atoms with Crippen LogP contribution in [0.5, 0.6) is 0 Å². The van der Waals surface area contributed by atoms with Crippen LogP contribution >= 0.6 is 0 Å². The number of morpholine rings is 1. The Balaban J connectivity index is 1.91. The Hall–Kier alpha value is -2.15. The largest absolute Gasteiger partial charge is 0.378 e. The van der Waals surface area contributed by atoms with Gasteiger partial charge in [-0.1, -0.05) is 6.92 Å². The third kappa shape index (κ3) is 4.70. The van der Waals surface area contributed by atoms with E-state index in [1.54, 1.807) is 12.3 Å². The Bertz CT molecular complexity index is 515. The summed E-state index contributed by atoms with van der Waals surface area (Å²) in [6, 6.07) is 3.72. The molecule has 1 aromatic heterocycles. The predicted octanol–water partition coefficient (Wildman–Crippen LogP) is -0.407. The second kappa shape index (κ2) is 8.33. The second-order valence-corrected chi connectivity index (χ2v) is 5.09. The summed E-state index contributed by atoms with van der Waals surface area (Å²) >= 11 is 0. The third-order valence-corrected chi connectivity index (χ3v) is 3.39. The smallest absolute Gasteiger partial charge is 0.316 e. The number of nitrogens with zero attached hydrogens (tertiary/aromatic N) is 1. The highest BCUT2D eigenvalue weighted by molar-refractivity contribution is 5.94. The Kier molecular flexibility index (Phi) is 6.14. The van der Waals surface area contributed by atoms with Crippen molar-refractivity contribution in [3.05, 3.63) is 24.0 Å². The molecule has 0 aromatic carbocycles. The summed E-state index contributed by atoms with van der Waals surface area (Å²) in [7, 11) is 0. The molecule has 0 spiro atoms. The van der Waals surface area contributed by atoms with Crippen LogP contribution in [0.4, 0.5) is 5.69 Å². The van der Waals surface area contributed by atoms with Crippen molar-refractivity contribution in [3.63, 3.8) is 0 Å². The normalized spacial score (nSPS) is 14.5. The Labute approximate surface area is 130 Å². The Morgan fingerprint density at radius 3 is 2.82 bits per heavy atom. The number of anilines is 1. The fourth-order valence-electron chi connectivity index (χ4n) is 2.19. The van der Waals surface area contributed by atoms with Crippen LogP contribution in [0.15, 0.2) is 18.3 Å². The monoisotopic (exact) mass is 307 g/mol. The van der Waals surface area contributed by atoms with E-state index in [2.05, 4.69) is 20.5 Å². The molecule has 2 amide bonds. The molecule has 7 heteroatoms. The van der Waals surface area contributed by atoms with Gasteiger partial charge in [-0.2, -0.15) is 0 Å². The number of hydrogen-bond donors (Lipinski definition) is 2. The molecule has 0 saturated carbocycles. The first kappa shape index (κ1) is 16.2. The lowest BCUT2D eigenvalue weighted by molar-refractivity contribution is -0.381. The zero-order valence-electron chi connectivity index (χ0n) is 12.9. The Morgan fingerprint density at radius 2 is 2.09 bits per heavy atom. The van der Waals surface area contributed by atoms with E-state index < -0.39 is 0 Å². The number of ether oxygens (including phenoxy) is 1. The van der Waals surface area contributed by atoms with Gasteiger partial charge in [-0.05, 0) is 6.42 Å². The standard InChI is InChI=1S/C15H22N4O3/c1-2-4-17-14(20)11-18-15(21)13-10-12(3-5-16-13)19-6-8-22-9-7-19/h3,5,10H,2,4,6-9,11H2,1H3,(H,17,20)(H,18,21)/p+1. The summed E-state index contributed by atoms with van der Waals surface area (Å²) in [5, 5.41) is 5.33. The average molecular weight is 307 g/mol. The summed E-state index contributed by atoms with van der Waals surface area (Å²) in [6.45, 7) is 5.58. The summed E-state index contributed by atoms with van der Waals surface area (Å²) < 4.78 is 5.32. The fourth-order valence-corrected chi connectivity index (χ4v) is 2.19. The number of hydrogen-bond acceptors (Lipinski definition) is 4. The molecule has 0 atom stereocenters. The highest BCUT2D eigenvalue weighted by Crippen LogP contribution is 2.14. The van der Waals surface area contributed by atoms with E-state index >= 15 is 0 Å². The van der Waals surface area contributed by atoms with Gasteiger partial charge in [0.2, 0.25) is 5.91 Å². The van der Waals surface area contributed by atoms with E-state index in [-0.39, 0.29) is 18.4 Å². The van der Waals surface area contributed by atoms with Crippen molar-refractivity contribution < 1.29 is 19.3 Å². The number of aromatic nitrogens is 1. The van der Waals surface area contributed by atoms with Gasteiger partial charge < -0.3 is 20.3 Å². The summed E-state index contributed by atoms with van der Waals surface area (Å²) in [5.41, 5.74) is 1.41. The lowest BCUT2D eigenvalue weighted by atomic mass is 10.2. The van der Waals surface area contributed by atoms with Gasteiger partial charge in [0.15, 0.2) is 6.20 Å². The van der Waals surface area contributed by atoms with Crippen LogP contribution in [-0.4, -0.2) is 51.2 Å². The van der Waals surface area contributed by atoms with Gasteiger partial charge in [0.25, 0.3) is 5.69 Å². The molecular weight excluding hydrogens is 284 g/mol. The van der Waals surface area contributed by atoms with Crippen LogP contribution in [0, 0.1) is 0 Å². The lowest BCUT2D eigenvalue weighted by Crippen LogP contribution is -2.39. The van der Waals surface area contributed by atoms with Crippen molar-refractivity contribution in [1.82, 2.24) is 10.6 Å². The van der Waals surface area contributed by atoms with Crippen LogP contribution in [0.3, 0.4) is 0 Å². The van der Waals surface area contributed by atoms with Crippen LogP contribution in [0.25, 0.3) is 0 Å². The van der Waals surface area contributed by atoms with E-state index in [0.29, 0.717) is 25.5 Å². The zero-order valence-corrected chi connectivity index (χ0v) is 12.9. The van der Waals surface area contributed by atoms with Gasteiger partial charge in [0.1, 0.15) is 0 Å². The van der Waals surface area contributed by atoms with E-state index in [1.165, 1.54) is 0 Å². The van der Waals surface area contributed by atoms with Crippen molar-refractivity contribution >= 4 is 17.5 Å². The predicted molar refractivity (Wildman–Crippen MR) is 81.7 cm³/mol. The molecule has 120 valence electrons. The first-order chi connectivity index (χ1) is 10.7. The van der Waals surface area contributed by atoms with Crippen LogP contribution in [0.2, 0.25) is 0 Å². The molecule has 0 radical (unpaired) electrons. The molecule has 2 rings (SSSR count). The molecule has 1 aliphatic rings. The first-order valence-electron chi connectivity index (χ1n) is 7.60. The van der Waals surface area contributed by atoms with E-state index in [1.807, 2.05) is 13.0 Å². The number of amides is 2. The summed E-state index contributed by atoms with van der Waals surface area (Å²) in [5.74, 6) is -0.471. The van der Waals surface area contributed by atoms with Crippen molar-refractivity contribution in [3.8, 4) is 0 Å². The van der Waals surface area contributed by atoms with Gasteiger partial charge >= 0.3 is 5.91 Å². The van der Waals surface area contributed by atoms with Crippen molar-refractivity contribution in [1.29, 1.82) is 0 Å². The summed E-state index contributed by atoms with van der Waals surface area (Å²) in [4.78, 5) is 28.7. The van der Waals surface area contributed by atoms with Crippen LogP contribution in [0.1, 0.15) is 23.8 Å². The molecule has 1 aromatic rings. The Morgan fingerprint density at radius 1 is 1.32 bits per heavy atom. The SMILES string of the molecule is CCCNC(=O)CNC(=O)c1cc(N2CCOCC2)cc[nH+]1. The van der Waals surface area contributed by atoms with Gasteiger partial charge in [-0.15, -0.1) is 0 Å². The van der Waals surface area contributed by atoms with E-state index in [4.69, 9.17) is 4.74 Å². The van der Waals surface area contributed by atoms with Gasteiger partial charge in [-0.3, -0.25) is 9.59 Å². The van der Waals surface area contributed by atoms with E-state index in [0.717, 1.165) is 25.2 Å². The molecule has 2 heterocycles. The third-order valence-electron chi connectivity index (χ3n) is 3.39. The number of aromatic amines is 1. The topological polar surface area (TPSA) is 84.8 Å². The number of carbonyl (C=O) groups is 2. The number of rotatable bonds is 6. The van der Waals surface area contributed by atoms with Crippen LogP contribution in [-0.2, 0) is 9.53 Å². The van der Waals surface area contributed by atoms with Crippen LogP contribution < -0.4 is 20.5 Å². The molecular formula is C15H23N4O3+. The average Bonchev–Trinajstić information content (AvgIpc) is 2.58. The maximum absolute atomic E-state index is 12.1. The molecule has 1 fully saturated rings. The molecule has 0 unspecified atom stereocenters. The number of H-pyrrole nitrogens is 1. The highest BCUT2D eigenvalue weighted by Gasteiger charge is 2.18. The van der Waals surface area contributed by atoms with Crippen molar-refractivity contribution in [2.75, 3.05) is 44.3 Å². The van der Waals surface area contributed by atoms with Crippen molar-refractivity contribution in [2.45, 2.75) is 13.3 Å². The minimum atomic E-state index is -0.290. The van der Waals surface area contributed by atoms with Gasteiger partial charge in [0.05, 0.1) is 19.8 Å². The fraction of sp³-hybridized carbons (Fsp3) is 0.533. The molecule has 1 aliphatic heterocycles. The molecule has 1 saturated heterocycles. The zero-order chi connectivity index (χ0) is 15.8. The van der Waals surface area contributed by atoms with Gasteiger partial charge in [-0.25, -0.2) is 4.98 Å². The minimum absolute atomic E-state index is 0.0194. The molecule has 7 nitrogen and oxygen atoms in total. The van der Waals surface area contributed by atoms with Crippen molar-refractivity contribution in [2.24, 2.45) is 0 Å². The minimum Gasteiger partial charge on any atom is -0.378 e. The first-order valence-corrected chi connectivity index (χ1v) is 7.60. The molecule has 0 aliphatic carbocycles. The highest BCUT2D eigenvalue weighted by atomic mass is 16.5. The maximum atomic E-state index is 12.1. The van der Waals surface area contributed by atoms with Gasteiger partial charge in [0, 0.05) is 37.5 Å². The number of carbonyl (C=O) groups excluding carboxylic acids is 2. The quantitative estimate of drug-likeness (QED) is 0.748. The number of nitrogens with one attached hydrogen (secondary N) is 3.